The van der Waals surface area contributed by atoms with E-state index < -0.39 is 0 Å². The lowest BCUT2D eigenvalue weighted by atomic mass is 10.1. The number of nitrogens with one attached hydrogen (secondary N) is 1. The molecule has 1 aliphatic heterocycles. The van der Waals surface area contributed by atoms with Crippen LogP contribution in [0.15, 0.2) is 35.3 Å². The normalized spacial score (nSPS) is 19.2. The summed E-state index contributed by atoms with van der Waals surface area (Å²) >= 11 is 0. The first-order valence-corrected chi connectivity index (χ1v) is 7.51. The van der Waals surface area contributed by atoms with Crippen molar-refractivity contribution in [2.24, 2.45) is 0 Å². The Morgan fingerprint density at radius 1 is 1.50 bits per heavy atom. The van der Waals surface area contributed by atoms with Crippen LogP contribution in [0.3, 0.4) is 0 Å². The molecule has 1 aromatic carbocycles. The third-order valence-corrected chi connectivity index (χ3v) is 3.97. The van der Waals surface area contributed by atoms with Crippen LogP contribution in [0.5, 0.6) is 0 Å². The van der Waals surface area contributed by atoms with Crippen molar-refractivity contribution in [3.8, 4) is 0 Å². The van der Waals surface area contributed by atoms with Crippen LogP contribution in [0, 0.1) is 0 Å². The van der Waals surface area contributed by atoms with Crippen molar-refractivity contribution in [2.75, 3.05) is 6.61 Å². The van der Waals surface area contributed by atoms with Crippen LogP contribution in [0.2, 0.25) is 0 Å². The zero-order chi connectivity index (χ0) is 15.5. The van der Waals surface area contributed by atoms with E-state index in [0.717, 1.165) is 19.4 Å². The second kappa shape index (κ2) is 6.27. The van der Waals surface area contributed by atoms with Crippen molar-refractivity contribution in [1.82, 2.24) is 14.9 Å². The summed E-state index contributed by atoms with van der Waals surface area (Å²) in [5.41, 5.74) is 1.08. The number of fused-ring (bicyclic) bond motifs is 1. The van der Waals surface area contributed by atoms with Crippen LogP contribution in [-0.4, -0.2) is 34.2 Å². The highest BCUT2D eigenvalue weighted by Crippen LogP contribution is 2.15. The van der Waals surface area contributed by atoms with Gasteiger partial charge in [-0.2, -0.15) is 0 Å². The summed E-state index contributed by atoms with van der Waals surface area (Å²) in [5, 5.41) is 2.92. The monoisotopic (exact) mass is 301 g/mol. The maximum atomic E-state index is 12.2. The summed E-state index contributed by atoms with van der Waals surface area (Å²) in [7, 11) is 0. The van der Waals surface area contributed by atoms with Gasteiger partial charge in [-0.25, -0.2) is 4.98 Å². The molecule has 2 aromatic rings. The largest absolute Gasteiger partial charge is 0.376 e. The second-order valence-corrected chi connectivity index (χ2v) is 5.58. The molecule has 2 atom stereocenters. The number of amides is 1. The van der Waals surface area contributed by atoms with Crippen molar-refractivity contribution < 1.29 is 9.53 Å². The molecular weight excluding hydrogens is 282 g/mol. The maximum absolute atomic E-state index is 12.2. The molecule has 116 valence electrons. The Morgan fingerprint density at radius 3 is 3.09 bits per heavy atom. The van der Waals surface area contributed by atoms with Crippen LogP contribution in [-0.2, 0) is 16.1 Å². The van der Waals surface area contributed by atoms with Gasteiger partial charge in [-0.1, -0.05) is 12.1 Å². The number of hydrogen-bond donors (Lipinski definition) is 1. The number of carbonyl (C=O) groups excluding carboxylic acids is 1. The zero-order valence-electron chi connectivity index (χ0n) is 12.5. The topological polar surface area (TPSA) is 73.2 Å². The molecule has 0 radical (unpaired) electrons. The maximum Gasteiger partial charge on any atom is 0.269 e. The van der Waals surface area contributed by atoms with Gasteiger partial charge in [-0.3, -0.25) is 14.2 Å². The number of rotatable bonds is 4. The first kappa shape index (κ1) is 14.7. The molecule has 6 heteroatoms. The molecule has 0 unspecified atom stereocenters. The van der Waals surface area contributed by atoms with E-state index in [1.807, 2.05) is 25.1 Å². The van der Waals surface area contributed by atoms with Crippen molar-refractivity contribution >= 4 is 16.9 Å². The third-order valence-electron chi connectivity index (χ3n) is 3.97. The molecule has 3 rings (SSSR count). The van der Waals surface area contributed by atoms with Gasteiger partial charge < -0.3 is 10.1 Å². The summed E-state index contributed by atoms with van der Waals surface area (Å²) in [6.07, 6.45) is 3.30. The molecule has 1 aromatic heterocycles. The smallest absolute Gasteiger partial charge is 0.269 e. The minimum atomic E-state index is -0.279. The van der Waals surface area contributed by atoms with Gasteiger partial charge in [-0.15, -0.1) is 0 Å². The van der Waals surface area contributed by atoms with Gasteiger partial charge in [0.2, 0.25) is 5.91 Å². The van der Waals surface area contributed by atoms with Gasteiger partial charge >= 0.3 is 0 Å². The molecule has 1 fully saturated rings. The Hall–Kier alpha value is -2.21. The van der Waals surface area contributed by atoms with Gasteiger partial charge in [-0.05, 0) is 31.9 Å². The molecule has 0 bridgehead atoms. The Morgan fingerprint density at radius 2 is 2.32 bits per heavy atom. The van der Waals surface area contributed by atoms with E-state index in [2.05, 4.69) is 10.3 Å². The van der Waals surface area contributed by atoms with E-state index in [1.165, 1.54) is 10.8 Å². The number of aromatic nitrogens is 2. The SMILES string of the molecule is C[C@H](NC(=O)Cn1c(=O)cnc2ccccc21)[C@@H]1CCCO1. The van der Waals surface area contributed by atoms with Crippen molar-refractivity contribution in [1.29, 1.82) is 0 Å². The highest BCUT2D eigenvalue weighted by molar-refractivity contribution is 5.80. The lowest BCUT2D eigenvalue weighted by Crippen LogP contribution is -2.43. The van der Waals surface area contributed by atoms with E-state index in [4.69, 9.17) is 4.74 Å². The van der Waals surface area contributed by atoms with Gasteiger partial charge in [0.25, 0.3) is 5.56 Å². The average molecular weight is 301 g/mol. The fourth-order valence-electron chi connectivity index (χ4n) is 2.81. The molecule has 1 saturated heterocycles. The number of nitrogens with zero attached hydrogens (tertiary/aromatic N) is 2. The molecule has 0 aliphatic carbocycles. The number of benzene rings is 1. The van der Waals surface area contributed by atoms with E-state index in [0.29, 0.717) is 11.0 Å². The number of ether oxygens (including phenoxy) is 1. The standard InChI is InChI=1S/C16H19N3O3/c1-11(14-7-4-8-22-14)18-15(20)10-19-13-6-3-2-5-12(13)17-9-16(19)21/h2-3,5-6,9,11,14H,4,7-8,10H2,1H3,(H,18,20)/t11-,14-/m0/s1. The summed E-state index contributed by atoms with van der Waals surface area (Å²) < 4.78 is 7.01. The lowest BCUT2D eigenvalue weighted by molar-refractivity contribution is -0.123. The van der Waals surface area contributed by atoms with Gasteiger partial charge in [0, 0.05) is 6.61 Å². The molecule has 1 aliphatic rings. The fourth-order valence-corrected chi connectivity index (χ4v) is 2.81. The van der Waals surface area contributed by atoms with Gasteiger partial charge in [0.15, 0.2) is 0 Å². The van der Waals surface area contributed by atoms with Crippen LogP contribution < -0.4 is 10.9 Å². The highest BCUT2D eigenvalue weighted by Gasteiger charge is 2.23. The number of hydrogen-bond acceptors (Lipinski definition) is 4. The zero-order valence-corrected chi connectivity index (χ0v) is 12.5. The van der Waals surface area contributed by atoms with Crippen LogP contribution in [0.25, 0.3) is 11.0 Å². The molecule has 6 nitrogen and oxygen atoms in total. The molecule has 1 amide bonds. The van der Waals surface area contributed by atoms with Crippen molar-refractivity contribution in [3.05, 3.63) is 40.8 Å². The third kappa shape index (κ3) is 3.01. The number of para-hydroxylation sites is 2. The Balaban J connectivity index is 1.76. The minimum absolute atomic E-state index is 0.0150. The van der Waals surface area contributed by atoms with E-state index in [9.17, 15) is 9.59 Å². The van der Waals surface area contributed by atoms with E-state index >= 15 is 0 Å². The Kier molecular flexibility index (Phi) is 4.20. The Bertz CT molecular complexity index is 735. The van der Waals surface area contributed by atoms with Gasteiger partial charge in [0.05, 0.1) is 29.4 Å². The first-order chi connectivity index (χ1) is 10.6. The Labute approximate surface area is 128 Å². The molecular formula is C16H19N3O3. The molecule has 1 N–H and O–H groups in total. The summed E-state index contributed by atoms with van der Waals surface area (Å²) in [4.78, 5) is 28.3. The average Bonchev–Trinajstić information content (AvgIpc) is 3.04. The van der Waals surface area contributed by atoms with E-state index in [1.54, 1.807) is 6.07 Å². The second-order valence-electron chi connectivity index (χ2n) is 5.58. The van der Waals surface area contributed by atoms with Crippen LogP contribution in [0.1, 0.15) is 19.8 Å². The summed E-state index contributed by atoms with van der Waals surface area (Å²) in [6, 6.07) is 7.23. The van der Waals surface area contributed by atoms with Gasteiger partial charge in [0.1, 0.15) is 6.54 Å². The van der Waals surface area contributed by atoms with E-state index in [-0.39, 0.29) is 30.2 Å². The lowest BCUT2D eigenvalue weighted by Gasteiger charge is -2.20. The van der Waals surface area contributed by atoms with Crippen LogP contribution in [0.4, 0.5) is 0 Å². The molecule has 0 spiro atoms. The molecule has 0 saturated carbocycles. The van der Waals surface area contributed by atoms with Crippen molar-refractivity contribution in [3.63, 3.8) is 0 Å². The summed E-state index contributed by atoms with van der Waals surface area (Å²) in [5.74, 6) is -0.193. The predicted molar refractivity (Wildman–Crippen MR) is 82.6 cm³/mol. The summed E-state index contributed by atoms with van der Waals surface area (Å²) in [6.45, 7) is 2.67. The fraction of sp³-hybridized carbons (Fsp3) is 0.438. The van der Waals surface area contributed by atoms with Crippen LogP contribution >= 0.6 is 0 Å². The highest BCUT2D eigenvalue weighted by atomic mass is 16.5. The predicted octanol–water partition coefficient (Wildman–Crippen LogP) is 1.08. The first-order valence-electron chi connectivity index (χ1n) is 7.51. The quantitative estimate of drug-likeness (QED) is 0.917. The van der Waals surface area contributed by atoms with Crippen molar-refractivity contribution in [2.45, 2.75) is 38.5 Å². The molecule has 2 heterocycles. The number of carbonyl (C=O) groups is 1. The minimum Gasteiger partial charge on any atom is -0.376 e. The molecule has 22 heavy (non-hydrogen) atoms.